The lowest BCUT2D eigenvalue weighted by Gasteiger charge is -2.04. The summed E-state index contributed by atoms with van der Waals surface area (Å²) in [6.45, 7) is 3.87. The molecular weight excluding hydrogens is 238 g/mol. The number of nitrogens with one attached hydrogen (secondary N) is 1. The molecule has 0 amide bonds. The van der Waals surface area contributed by atoms with E-state index in [9.17, 15) is 0 Å². The number of aryl methyl sites for hydroxylation is 1. The van der Waals surface area contributed by atoms with Gasteiger partial charge in [0.2, 0.25) is 0 Å². The zero-order valence-electron chi connectivity index (χ0n) is 11.4. The molecule has 1 N–H and O–H groups in total. The normalized spacial score (nSPS) is 15.0. The molecule has 4 heteroatoms. The first-order chi connectivity index (χ1) is 9.35. The van der Waals surface area contributed by atoms with E-state index in [1.54, 1.807) is 0 Å². The zero-order valence-corrected chi connectivity index (χ0v) is 11.4. The molecule has 0 saturated heterocycles. The molecule has 0 unspecified atom stereocenters. The van der Waals surface area contributed by atoms with Crippen molar-refractivity contribution in [2.24, 2.45) is 0 Å². The molecule has 102 valence electrons. The van der Waals surface area contributed by atoms with Gasteiger partial charge in [0, 0.05) is 37.0 Å². The van der Waals surface area contributed by atoms with Gasteiger partial charge >= 0.3 is 0 Å². The molecule has 1 saturated carbocycles. The topological polar surface area (TPSA) is 43.0 Å². The van der Waals surface area contributed by atoms with Gasteiger partial charge in [-0.05, 0) is 25.3 Å². The maximum atomic E-state index is 5.64. The Balaban J connectivity index is 1.60. The lowest BCUT2D eigenvalue weighted by Crippen LogP contribution is -2.14. The van der Waals surface area contributed by atoms with Crippen LogP contribution in [0, 0.1) is 0 Å². The molecule has 0 aromatic carbocycles. The Morgan fingerprint density at radius 2 is 2.37 bits per heavy atom. The Kier molecular flexibility index (Phi) is 3.69. The minimum atomic E-state index is 0.739. The monoisotopic (exact) mass is 259 g/mol. The minimum Gasteiger partial charge on any atom is -0.467 e. The maximum Gasteiger partial charge on any atom is 0.123 e. The molecule has 2 aromatic heterocycles. The van der Waals surface area contributed by atoms with E-state index < -0.39 is 0 Å². The molecule has 0 bridgehead atoms. The van der Waals surface area contributed by atoms with Gasteiger partial charge in [0.25, 0.3) is 0 Å². The fourth-order valence-corrected chi connectivity index (χ4v) is 2.26. The van der Waals surface area contributed by atoms with E-state index in [4.69, 9.17) is 4.42 Å². The second-order valence-corrected chi connectivity index (χ2v) is 5.30. The molecule has 1 aliphatic carbocycles. The number of hydrogen-bond acceptors (Lipinski definition) is 3. The highest BCUT2D eigenvalue weighted by molar-refractivity contribution is 5.14. The van der Waals surface area contributed by atoms with Crippen molar-refractivity contribution in [1.29, 1.82) is 0 Å². The van der Waals surface area contributed by atoms with Gasteiger partial charge in [0.15, 0.2) is 0 Å². The van der Waals surface area contributed by atoms with E-state index in [-0.39, 0.29) is 0 Å². The Morgan fingerprint density at radius 3 is 3.16 bits per heavy atom. The molecule has 1 fully saturated rings. The molecule has 2 heterocycles. The molecule has 4 nitrogen and oxygen atoms in total. The van der Waals surface area contributed by atoms with E-state index in [1.807, 2.05) is 18.7 Å². The largest absolute Gasteiger partial charge is 0.467 e. The van der Waals surface area contributed by atoms with Crippen molar-refractivity contribution in [2.45, 2.75) is 51.7 Å². The molecule has 2 aromatic rings. The predicted molar refractivity (Wildman–Crippen MR) is 73.9 cm³/mol. The van der Waals surface area contributed by atoms with Crippen LogP contribution in [-0.4, -0.2) is 15.6 Å². The summed E-state index contributed by atoms with van der Waals surface area (Å²) in [4.78, 5) is 4.39. The zero-order chi connectivity index (χ0) is 13.1. The lowest BCUT2D eigenvalue weighted by molar-refractivity contribution is 0.486. The lowest BCUT2D eigenvalue weighted by atomic mass is 10.3. The van der Waals surface area contributed by atoms with Gasteiger partial charge in [-0.3, -0.25) is 0 Å². The smallest absolute Gasteiger partial charge is 0.123 e. The Bertz CT molecular complexity index is 525. The summed E-state index contributed by atoms with van der Waals surface area (Å²) in [6, 6.07) is 2.88. The Hall–Kier alpha value is -1.55. The summed E-state index contributed by atoms with van der Waals surface area (Å²) in [5.41, 5.74) is 1.24. The number of rotatable bonds is 7. The van der Waals surface area contributed by atoms with Gasteiger partial charge in [-0.25, -0.2) is 4.98 Å². The fraction of sp³-hybridized carbons (Fsp3) is 0.533. The summed E-state index contributed by atoms with van der Waals surface area (Å²) >= 11 is 0. The van der Waals surface area contributed by atoms with Gasteiger partial charge < -0.3 is 14.3 Å². The van der Waals surface area contributed by atoms with Crippen molar-refractivity contribution in [3.05, 3.63) is 41.9 Å². The molecule has 0 atom stereocenters. The summed E-state index contributed by atoms with van der Waals surface area (Å²) in [7, 11) is 0. The predicted octanol–water partition coefficient (Wildman–Crippen LogP) is 2.73. The quantitative estimate of drug-likeness (QED) is 0.831. The van der Waals surface area contributed by atoms with Crippen LogP contribution in [0.3, 0.4) is 0 Å². The van der Waals surface area contributed by atoms with Crippen LogP contribution < -0.4 is 5.32 Å². The molecule has 19 heavy (non-hydrogen) atoms. The van der Waals surface area contributed by atoms with Crippen molar-refractivity contribution in [2.75, 3.05) is 0 Å². The summed E-state index contributed by atoms with van der Waals surface area (Å²) in [5, 5.41) is 3.50. The van der Waals surface area contributed by atoms with Crippen LogP contribution in [0.2, 0.25) is 0 Å². The first-order valence-electron chi connectivity index (χ1n) is 7.15. The number of aromatic nitrogens is 2. The van der Waals surface area contributed by atoms with Crippen LogP contribution in [0.15, 0.2) is 29.1 Å². The maximum absolute atomic E-state index is 5.64. The second kappa shape index (κ2) is 5.61. The highest BCUT2D eigenvalue weighted by Crippen LogP contribution is 2.20. The van der Waals surface area contributed by atoms with E-state index in [0.717, 1.165) is 43.6 Å². The Labute approximate surface area is 113 Å². The second-order valence-electron chi connectivity index (χ2n) is 5.30. The summed E-state index contributed by atoms with van der Waals surface area (Å²) < 4.78 is 7.80. The third-order valence-electron chi connectivity index (χ3n) is 3.48. The van der Waals surface area contributed by atoms with Crippen molar-refractivity contribution in [3.8, 4) is 0 Å². The van der Waals surface area contributed by atoms with Gasteiger partial charge in [-0.1, -0.05) is 6.92 Å². The number of hydrogen-bond donors (Lipinski definition) is 1. The number of furan rings is 1. The fourth-order valence-electron chi connectivity index (χ4n) is 2.26. The van der Waals surface area contributed by atoms with Crippen LogP contribution in [0.1, 0.15) is 43.3 Å². The Morgan fingerprint density at radius 1 is 1.47 bits per heavy atom. The summed E-state index contributed by atoms with van der Waals surface area (Å²) in [5.74, 6) is 2.14. The van der Waals surface area contributed by atoms with E-state index in [0.29, 0.717) is 0 Å². The summed E-state index contributed by atoms with van der Waals surface area (Å²) in [6.07, 6.45) is 10.5. The van der Waals surface area contributed by atoms with Gasteiger partial charge in [-0.2, -0.15) is 0 Å². The van der Waals surface area contributed by atoms with E-state index in [2.05, 4.69) is 27.9 Å². The van der Waals surface area contributed by atoms with E-state index >= 15 is 0 Å². The highest BCUT2D eigenvalue weighted by atomic mass is 16.3. The molecule has 0 aliphatic heterocycles. The van der Waals surface area contributed by atoms with E-state index in [1.165, 1.54) is 18.4 Å². The van der Waals surface area contributed by atoms with Crippen molar-refractivity contribution in [3.63, 3.8) is 0 Å². The minimum absolute atomic E-state index is 0.739. The van der Waals surface area contributed by atoms with Crippen molar-refractivity contribution < 1.29 is 4.42 Å². The van der Waals surface area contributed by atoms with Crippen LogP contribution in [0.25, 0.3) is 0 Å². The van der Waals surface area contributed by atoms with Gasteiger partial charge in [0.05, 0.1) is 12.8 Å². The molecule has 0 spiro atoms. The van der Waals surface area contributed by atoms with Crippen molar-refractivity contribution >= 4 is 0 Å². The van der Waals surface area contributed by atoms with Crippen LogP contribution in [0.4, 0.5) is 0 Å². The van der Waals surface area contributed by atoms with Crippen molar-refractivity contribution in [1.82, 2.24) is 14.9 Å². The molecule has 3 rings (SSSR count). The first kappa shape index (κ1) is 12.5. The van der Waals surface area contributed by atoms with Gasteiger partial charge in [0.1, 0.15) is 11.6 Å². The number of imidazole rings is 1. The van der Waals surface area contributed by atoms with Crippen LogP contribution >= 0.6 is 0 Å². The standard InChI is InChI=1S/C15H21N3O/c1-2-3-15-16-6-7-18(15)10-14-8-12(11-19-14)9-17-13-4-5-13/h6-8,11,13,17H,2-5,9-10H2,1H3. The number of nitrogens with zero attached hydrogens (tertiary/aromatic N) is 2. The average Bonchev–Trinajstić information content (AvgIpc) is 2.98. The third kappa shape index (κ3) is 3.26. The SMILES string of the molecule is CCCc1nccn1Cc1cc(CNC2CC2)co1. The first-order valence-corrected chi connectivity index (χ1v) is 7.15. The third-order valence-corrected chi connectivity index (χ3v) is 3.48. The average molecular weight is 259 g/mol. The van der Waals surface area contributed by atoms with Crippen LogP contribution in [0.5, 0.6) is 0 Å². The highest BCUT2D eigenvalue weighted by Gasteiger charge is 2.20. The molecule has 0 radical (unpaired) electrons. The van der Waals surface area contributed by atoms with Crippen LogP contribution in [-0.2, 0) is 19.5 Å². The molecular formula is C15H21N3O. The molecule has 1 aliphatic rings. The van der Waals surface area contributed by atoms with Gasteiger partial charge in [-0.15, -0.1) is 0 Å².